The van der Waals surface area contributed by atoms with Gasteiger partial charge >= 0.3 is 5.97 Å². The molecule has 0 fully saturated rings. The maximum Gasteiger partial charge on any atom is 0.305 e. The van der Waals surface area contributed by atoms with E-state index >= 15 is 0 Å². The van der Waals surface area contributed by atoms with Crippen molar-refractivity contribution in [1.82, 2.24) is 0 Å². The molecular formula is C19H21NO5. The van der Waals surface area contributed by atoms with Gasteiger partial charge < -0.3 is 19.9 Å². The monoisotopic (exact) mass is 343 g/mol. The quantitative estimate of drug-likeness (QED) is 0.326. The Hall–Kier alpha value is -3.02. The van der Waals surface area contributed by atoms with Gasteiger partial charge in [0.1, 0.15) is 6.61 Å². The minimum Gasteiger partial charge on any atom is -0.490 e. The number of rotatable bonds is 9. The zero-order chi connectivity index (χ0) is 18.1. The number of anilines is 1. The molecule has 0 aliphatic carbocycles. The lowest BCUT2D eigenvalue weighted by molar-refractivity contribution is -0.140. The van der Waals surface area contributed by atoms with Crippen LogP contribution in [0, 0.1) is 0 Å². The fourth-order valence-electron chi connectivity index (χ4n) is 2.16. The Morgan fingerprint density at radius 3 is 2.52 bits per heavy atom. The van der Waals surface area contributed by atoms with Gasteiger partial charge in [-0.2, -0.15) is 0 Å². The number of aldehydes is 1. The smallest absolute Gasteiger partial charge is 0.305 e. The van der Waals surface area contributed by atoms with E-state index in [4.69, 9.17) is 15.2 Å². The minimum atomic E-state index is -0.292. The molecule has 0 spiro atoms. The Balaban J connectivity index is 2.06. The van der Waals surface area contributed by atoms with Crippen molar-refractivity contribution in [2.45, 2.75) is 19.4 Å². The molecule has 0 atom stereocenters. The Morgan fingerprint density at radius 2 is 1.84 bits per heavy atom. The zero-order valence-corrected chi connectivity index (χ0v) is 14.1. The first kappa shape index (κ1) is 18.3. The van der Waals surface area contributed by atoms with Gasteiger partial charge in [0, 0.05) is 23.7 Å². The summed E-state index contributed by atoms with van der Waals surface area (Å²) in [5.41, 5.74) is 7.48. The number of nitrogen functional groups attached to an aromatic ring is 1. The average Bonchev–Trinajstić information content (AvgIpc) is 2.65. The lowest BCUT2D eigenvalue weighted by atomic mass is 10.1. The maximum absolute atomic E-state index is 11.1. The summed E-state index contributed by atoms with van der Waals surface area (Å²) in [5, 5.41) is 0. The molecule has 2 N–H and O–H groups in total. The molecule has 25 heavy (non-hydrogen) atoms. The van der Waals surface area contributed by atoms with E-state index in [1.165, 1.54) is 7.11 Å². The maximum atomic E-state index is 11.1. The van der Waals surface area contributed by atoms with Gasteiger partial charge in [0.25, 0.3) is 0 Å². The molecule has 0 bridgehead atoms. The van der Waals surface area contributed by atoms with Crippen LogP contribution in [0.4, 0.5) is 5.69 Å². The fourth-order valence-corrected chi connectivity index (χ4v) is 2.16. The van der Waals surface area contributed by atoms with Crippen molar-refractivity contribution in [2.75, 3.05) is 19.5 Å². The molecule has 0 aromatic heterocycles. The molecule has 132 valence electrons. The van der Waals surface area contributed by atoms with Crippen LogP contribution in [0.5, 0.6) is 11.5 Å². The second-order valence-corrected chi connectivity index (χ2v) is 5.35. The molecule has 0 unspecified atom stereocenters. The molecule has 0 aliphatic heterocycles. The standard InChI is InChI=1S/C19H21NO5/c1-23-19(22)8-5-9-24-18-11-16(20)15(12-21)10-17(18)25-13-14-6-3-2-4-7-14/h2-4,6-7,10-12H,5,8-9,13,20H2,1H3. The van der Waals surface area contributed by atoms with E-state index in [0.29, 0.717) is 48.7 Å². The Morgan fingerprint density at radius 1 is 1.12 bits per heavy atom. The van der Waals surface area contributed by atoms with Crippen molar-refractivity contribution in [3.63, 3.8) is 0 Å². The molecular weight excluding hydrogens is 322 g/mol. The molecule has 0 saturated carbocycles. The predicted molar refractivity (Wildman–Crippen MR) is 93.8 cm³/mol. The number of nitrogens with two attached hydrogens (primary N) is 1. The molecule has 0 aliphatic rings. The lowest BCUT2D eigenvalue weighted by Crippen LogP contribution is -2.06. The summed E-state index contributed by atoms with van der Waals surface area (Å²) in [6.45, 7) is 0.637. The van der Waals surface area contributed by atoms with Gasteiger partial charge in [-0.3, -0.25) is 9.59 Å². The summed E-state index contributed by atoms with van der Waals surface area (Å²) in [7, 11) is 1.34. The van der Waals surface area contributed by atoms with Gasteiger partial charge in [-0.05, 0) is 18.1 Å². The summed E-state index contributed by atoms with van der Waals surface area (Å²) >= 11 is 0. The molecule has 2 aromatic carbocycles. The van der Waals surface area contributed by atoms with E-state index < -0.39 is 0 Å². The van der Waals surface area contributed by atoms with Crippen molar-refractivity contribution in [3.8, 4) is 11.5 Å². The second kappa shape index (κ2) is 9.32. The molecule has 0 amide bonds. The Kier molecular flexibility index (Phi) is 6.83. The Bertz CT molecular complexity index is 715. The summed E-state index contributed by atoms with van der Waals surface area (Å²) in [6.07, 6.45) is 1.44. The van der Waals surface area contributed by atoms with Gasteiger partial charge in [0.15, 0.2) is 17.8 Å². The van der Waals surface area contributed by atoms with E-state index in [1.54, 1.807) is 12.1 Å². The number of methoxy groups -OCH3 is 1. The van der Waals surface area contributed by atoms with Crippen molar-refractivity contribution < 1.29 is 23.8 Å². The highest BCUT2D eigenvalue weighted by Crippen LogP contribution is 2.32. The number of carbonyl (C=O) groups excluding carboxylic acids is 2. The van der Waals surface area contributed by atoms with Crippen LogP contribution in [0.2, 0.25) is 0 Å². The molecule has 2 rings (SSSR count). The average molecular weight is 343 g/mol. The van der Waals surface area contributed by atoms with Crippen LogP contribution in [-0.2, 0) is 16.1 Å². The van der Waals surface area contributed by atoms with Gasteiger partial charge in [-0.1, -0.05) is 30.3 Å². The number of carbonyl (C=O) groups is 2. The summed E-state index contributed by atoms with van der Waals surface area (Å²) in [4.78, 5) is 22.2. The first-order valence-electron chi connectivity index (χ1n) is 7.89. The summed E-state index contributed by atoms with van der Waals surface area (Å²) < 4.78 is 16.0. The van der Waals surface area contributed by atoms with Crippen LogP contribution >= 0.6 is 0 Å². The lowest BCUT2D eigenvalue weighted by Gasteiger charge is -2.14. The first-order valence-corrected chi connectivity index (χ1v) is 7.89. The SMILES string of the molecule is COC(=O)CCCOc1cc(N)c(C=O)cc1OCc1ccccc1. The number of esters is 1. The topological polar surface area (TPSA) is 87.9 Å². The fraction of sp³-hybridized carbons (Fsp3) is 0.263. The molecule has 6 heteroatoms. The third-order valence-electron chi connectivity index (χ3n) is 3.52. The van der Waals surface area contributed by atoms with E-state index in [0.717, 1.165) is 5.56 Å². The molecule has 0 radical (unpaired) electrons. The van der Waals surface area contributed by atoms with Crippen LogP contribution in [-0.4, -0.2) is 26.0 Å². The second-order valence-electron chi connectivity index (χ2n) is 5.35. The molecule has 6 nitrogen and oxygen atoms in total. The van der Waals surface area contributed by atoms with Gasteiger partial charge in [-0.25, -0.2) is 0 Å². The van der Waals surface area contributed by atoms with Crippen molar-refractivity contribution in [1.29, 1.82) is 0 Å². The van der Waals surface area contributed by atoms with Crippen LogP contribution < -0.4 is 15.2 Å². The predicted octanol–water partition coefficient (Wildman–Crippen LogP) is 2.99. The first-order chi connectivity index (χ1) is 12.1. The largest absolute Gasteiger partial charge is 0.490 e. The third kappa shape index (κ3) is 5.53. The van der Waals surface area contributed by atoms with Crippen molar-refractivity contribution in [2.24, 2.45) is 0 Å². The number of hydrogen-bond donors (Lipinski definition) is 1. The van der Waals surface area contributed by atoms with Crippen LogP contribution in [0.1, 0.15) is 28.8 Å². The normalized spacial score (nSPS) is 10.1. The summed E-state index contributed by atoms with van der Waals surface area (Å²) in [5.74, 6) is 0.571. The van der Waals surface area contributed by atoms with Crippen LogP contribution in [0.3, 0.4) is 0 Å². The number of benzene rings is 2. The summed E-state index contributed by atoms with van der Waals surface area (Å²) in [6, 6.07) is 12.8. The highest BCUT2D eigenvalue weighted by molar-refractivity contribution is 5.85. The third-order valence-corrected chi connectivity index (χ3v) is 3.52. The molecule has 0 saturated heterocycles. The van der Waals surface area contributed by atoms with Gasteiger partial charge in [-0.15, -0.1) is 0 Å². The van der Waals surface area contributed by atoms with Crippen molar-refractivity contribution >= 4 is 17.9 Å². The van der Waals surface area contributed by atoms with Crippen LogP contribution in [0.25, 0.3) is 0 Å². The van der Waals surface area contributed by atoms with E-state index in [1.807, 2.05) is 30.3 Å². The zero-order valence-electron chi connectivity index (χ0n) is 14.1. The van der Waals surface area contributed by atoms with Gasteiger partial charge in [0.05, 0.1) is 13.7 Å². The highest BCUT2D eigenvalue weighted by Gasteiger charge is 2.11. The number of ether oxygens (including phenoxy) is 3. The minimum absolute atomic E-state index is 0.263. The van der Waals surface area contributed by atoms with Crippen LogP contribution in [0.15, 0.2) is 42.5 Å². The van der Waals surface area contributed by atoms with E-state index in [2.05, 4.69) is 4.74 Å². The number of hydrogen-bond acceptors (Lipinski definition) is 6. The Labute approximate surface area is 146 Å². The highest BCUT2D eigenvalue weighted by atomic mass is 16.5. The van der Waals surface area contributed by atoms with E-state index in [9.17, 15) is 9.59 Å². The molecule has 0 heterocycles. The van der Waals surface area contributed by atoms with Crippen molar-refractivity contribution in [3.05, 3.63) is 53.6 Å². The van der Waals surface area contributed by atoms with E-state index in [-0.39, 0.29) is 12.4 Å². The molecule has 2 aromatic rings. The van der Waals surface area contributed by atoms with Gasteiger partial charge in [0.2, 0.25) is 0 Å².